The van der Waals surface area contributed by atoms with Gasteiger partial charge in [0.15, 0.2) is 0 Å². The SMILES string of the molecule is C[C@H]1C[C@H]1C(=O)N(C)C1CCN(c2ncnc3ccccc23)CC1. The van der Waals surface area contributed by atoms with Gasteiger partial charge < -0.3 is 9.80 Å². The minimum absolute atomic E-state index is 0.277. The Hall–Kier alpha value is -2.17. The van der Waals surface area contributed by atoms with Gasteiger partial charge in [0.25, 0.3) is 0 Å². The fraction of sp³-hybridized carbons (Fsp3) is 0.526. The third-order valence-corrected chi connectivity index (χ3v) is 5.61. The summed E-state index contributed by atoms with van der Waals surface area (Å²) in [5.41, 5.74) is 0.986. The van der Waals surface area contributed by atoms with Gasteiger partial charge in [-0.15, -0.1) is 0 Å². The van der Waals surface area contributed by atoms with Crippen molar-refractivity contribution < 1.29 is 4.79 Å². The van der Waals surface area contributed by atoms with Crippen LogP contribution in [-0.2, 0) is 4.79 Å². The number of hydrogen-bond acceptors (Lipinski definition) is 4. The van der Waals surface area contributed by atoms with E-state index in [1.54, 1.807) is 6.33 Å². The molecule has 0 unspecified atom stereocenters. The Labute approximate surface area is 142 Å². The van der Waals surface area contributed by atoms with Crippen LogP contribution in [0.1, 0.15) is 26.2 Å². The lowest BCUT2D eigenvalue weighted by Crippen LogP contribution is -2.46. The molecule has 2 atom stereocenters. The first-order valence-corrected chi connectivity index (χ1v) is 8.86. The number of para-hydroxylation sites is 1. The molecule has 1 aliphatic heterocycles. The Bertz CT molecular complexity index is 749. The summed E-state index contributed by atoms with van der Waals surface area (Å²) in [6.45, 7) is 4.03. The first-order valence-electron chi connectivity index (χ1n) is 8.86. The van der Waals surface area contributed by atoms with Crippen LogP contribution >= 0.6 is 0 Å². The van der Waals surface area contributed by atoms with E-state index in [1.807, 2.05) is 30.1 Å². The average Bonchev–Trinajstić information content (AvgIpc) is 3.37. The molecular weight excluding hydrogens is 300 g/mol. The van der Waals surface area contributed by atoms with Crippen molar-refractivity contribution in [2.75, 3.05) is 25.0 Å². The first kappa shape index (κ1) is 15.4. The molecule has 126 valence electrons. The lowest BCUT2D eigenvalue weighted by atomic mass is 10.0. The van der Waals surface area contributed by atoms with Crippen molar-refractivity contribution in [1.29, 1.82) is 0 Å². The highest BCUT2D eigenvalue weighted by Crippen LogP contribution is 2.39. The Kier molecular flexibility index (Phi) is 3.87. The Morgan fingerprint density at radius 3 is 2.62 bits per heavy atom. The van der Waals surface area contributed by atoms with Crippen LogP contribution in [0.3, 0.4) is 0 Å². The number of benzene rings is 1. The predicted octanol–water partition coefficient (Wildman–Crippen LogP) is 2.71. The molecule has 5 heteroatoms. The third kappa shape index (κ3) is 2.72. The Balaban J connectivity index is 1.45. The van der Waals surface area contributed by atoms with Gasteiger partial charge in [-0.05, 0) is 37.3 Å². The van der Waals surface area contributed by atoms with Crippen molar-refractivity contribution in [3.05, 3.63) is 30.6 Å². The summed E-state index contributed by atoms with van der Waals surface area (Å²) in [5.74, 6) is 2.21. The van der Waals surface area contributed by atoms with Crippen LogP contribution in [0.15, 0.2) is 30.6 Å². The Morgan fingerprint density at radius 2 is 1.92 bits per heavy atom. The van der Waals surface area contributed by atoms with E-state index in [0.717, 1.165) is 49.1 Å². The number of anilines is 1. The number of piperidine rings is 1. The van der Waals surface area contributed by atoms with Gasteiger partial charge in [0.05, 0.1) is 5.52 Å². The van der Waals surface area contributed by atoms with Gasteiger partial charge in [-0.1, -0.05) is 19.1 Å². The molecule has 2 fully saturated rings. The maximum absolute atomic E-state index is 12.4. The molecule has 1 saturated heterocycles. The van der Waals surface area contributed by atoms with Crippen molar-refractivity contribution in [2.45, 2.75) is 32.2 Å². The zero-order valence-corrected chi connectivity index (χ0v) is 14.4. The molecule has 0 bridgehead atoms. The van der Waals surface area contributed by atoms with E-state index in [-0.39, 0.29) is 5.92 Å². The number of carbonyl (C=O) groups excluding carboxylic acids is 1. The van der Waals surface area contributed by atoms with Crippen molar-refractivity contribution in [1.82, 2.24) is 14.9 Å². The zero-order chi connectivity index (χ0) is 16.7. The molecule has 2 heterocycles. The maximum Gasteiger partial charge on any atom is 0.225 e. The highest BCUT2D eigenvalue weighted by Gasteiger charge is 2.42. The van der Waals surface area contributed by atoms with Gasteiger partial charge in [-0.25, -0.2) is 9.97 Å². The molecule has 24 heavy (non-hydrogen) atoms. The summed E-state index contributed by atoms with van der Waals surface area (Å²) < 4.78 is 0. The lowest BCUT2D eigenvalue weighted by Gasteiger charge is -2.37. The first-order chi connectivity index (χ1) is 11.6. The van der Waals surface area contributed by atoms with Crippen LogP contribution in [-0.4, -0.2) is 47.0 Å². The summed E-state index contributed by atoms with van der Waals surface area (Å²) in [6.07, 6.45) is 4.71. The van der Waals surface area contributed by atoms with Gasteiger partial charge in [-0.2, -0.15) is 0 Å². The van der Waals surface area contributed by atoms with Crippen molar-refractivity contribution in [3.63, 3.8) is 0 Å². The summed E-state index contributed by atoms with van der Waals surface area (Å²) in [7, 11) is 1.98. The quantitative estimate of drug-likeness (QED) is 0.871. The molecule has 0 N–H and O–H groups in total. The number of aromatic nitrogens is 2. The van der Waals surface area contributed by atoms with Crippen LogP contribution in [0.25, 0.3) is 10.9 Å². The molecule has 2 aromatic rings. The standard InChI is InChI=1S/C19H24N4O/c1-13-11-16(13)19(24)22(2)14-7-9-23(10-8-14)18-15-5-3-4-6-17(15)20-12-21-18/h3-6,12-14,16H,7-11H2,1-2H3/t13-,16+/m0/s1. The molecule has 1 aliphatic carbocycles. The molecule has 0 spiro atoms. The van der Waals surface area contributed by atoms with E-state index in [1.165, 1.54) is 0 Å². The van der Waals surface area contributed by atoms with Gasteiger partial charge in [0.2, 0.25) is 5.91 Å². The highest BCUT2D eigenvalue weighted by atomic mass is 16.2. The van der Waals surface area contributed by atoms with Gasteiger partial charge >= 0.3 is 0 Å². The smallest absolute Gasteiger partial charge is 0.225 e. The second-order valence-electron chi connectivity index (χ2n) is 7.20. The highest BCUT2D eigenvalue weighted by molar-refractivity contribution is 5.89. The summed E-state index contributed by atoms with van der Waals surface area (Å²) in [5, 5.41) is 1.11. The number of hydrogen-bond donors (Lipinski definition) is 0. The third-order valence-electron chi connectivity index (χ3n) is 5.61. The molecule has 1 aromatic heterocycles. The van der Waals surface area contributed by atoms with E-state index >= 15 is 0 Å². The van der Waals surface area contributed by atoms with E-state index in [2.05, 4.69) is 27.9 Å². The lowest BCUT2D eigenvalue weighted by molar-refractivity contribution is -0.134. The minimum Gasteiger partial charge on any atom is -0.356 e. The summed E-state index contributed by atoms with van der Waals surface area (Å²) in [6, 6.07) is 8.50. The average molecular weight is 324 g/mol. The number of fused-ring (bicyclic) bond motifs is 1. The summed E-state index contributed by atoms with van der Waals surface area (Å²) in [4.78, 5) is 25.6. The van der Waals surface area contributed by atoms with E-state index in [9.17, 15) is 4.79 Å². The molecule has 4 rings (SSSR count). The van der Waals surface area contributed by atoms with Crippen LogP contribution in [0, 0.1) is 11.8 Å². The van der Waals surface area contributed by atoms with Gasteiger partial charge in [-0.3, -0.25) is 4.79 Å². The fourth-order valence-corrected chi connectivity index (χ4v) is 3.82. The second-order valence-corrected chi connectivity index (χ2v) is 7.20. The molecule has 5 nitrogen and oxygen atoms in total. The van der Waals surface area contributed by atoms with Gasteiger partial charge in [0, 0.05) is 37.5 Å². The normalized spacial score (nSPS) is 24.2. The number of rotatable bonds is 3. The van der Waals surface area contributed by atoms with E-state index in [4.69, 9.17) is 0 Å². The van der Waals surface area contributed by atoms with E-state index in [0.29, 0.717) is 17.9 Å². The fourth-order valence-electron chi connectivity index (χ4n) is 3.82. The molecule has 1 aromatic carbocycles. The second kappa shape index (κ2) is 6.04. The molecule has 1 amide bonds. The van der Waals surface area contributed by atoms with Crippen LogP contribution < -0.4 is 4.90 Å². The molecule has 0 radical (unpaired) electrons. The van der Waals surface area contributed by atoms with Crippen molar-refractivity contribution >= 4 is 22.6 Å². The summed E-state index contributed by atoms with van der Waals surface area (Å²) >= 11 is 0. The zero-order valence-electron chi connectivity index (χ0n) is 14.4. The number of nitrogens with zero attached hydrogens (tertiary/aromatic N) is 4. The molecule has 1 saturated carbocycles. The topological polar surface area (TPSA) is 49.3 Å². The minimum atomic E-state index is 0.277. The van der Waals surface area contributed by atoms with Crippen LogP contribution in [0.2, 0.25) is 0 Å². The molecule has 2 aliphatic rings. The Morgan fingerprint density at radius 1 is 1.21 bits per heavy atom. The monoisotopic (exact) mass is 324 g/mol. The largest absolute Gasteiger partial charge is 0.356 e. The van der Waals surface area contributed by atoms with Gasteiger partial charge in [0.1, 0.15) is 12.1 Å². The molecular formula is C19H24N4O. The maximum atomic E-state index is 12.4. The number of carbonyl (C=O) groups is 1. The van der Waals surface area contributed by atoms with Crippen LogP contribution in [0.5, 0.6) is 0 Å². The van der Waals surface area contributed by atoms with Crippen molar-refractivity contribution in [3.8, 4) is 0 Å². The van der Waals surface area contributed by atoms with Crippen molar-refractivity contribution in [2.24, 2.45) is 11.8 Å². The van der Waals surface area contributed by atoms with Crippen LogP contribution in [0.4, 0.5) is 5.82 Å². The predicted molar refractivity (Wildman–Crippen MR) is 94.8 cm³/mol. The van der Waals surface area contributed by atoms with E-state index < -0.39 is 0 Å². The number of amides is 1.